The molecule has 4 nitrogen and oxygen atoms in total. The van der Waals surface area contributed by atoms with Gasteiger partial charge >= 0.3 is 0 Å². The number of nitrogens with one attached hydrogen (secondary N) is 1. The van der Waals surface area contributed by atoms with Crippen LogP contribution in [0.3, 0.4) is 0 Å². The molecule has 0 aliphatic heterocycles. The zero-order valence-corrected chi connectivity index (χ0v) is 10.9. The first-order chi connectivity index (χ1) is 8.72. The molecular formula is C14H22N2O2. The highest BCUT2D eigenvalue weighted by Crippen LogP contribution is 2.08. The summed E-state index contributed by atoms with van der Waals surface area (Å²) in [6, 6.07) is 9.66. The third kappa shape index (κ3) is 6.25. The standard InChI is InChI=1S/C14H22N2O2/c1-12(11-15)10-14(17)16-8-5-9-18-13-6-3-2-4-7-13/h2-4,6-7,12H,5,8-11,15H2,1H3,(H,16,17). The molecule has 1 rings (SSSR count). The number of carbonyl (C=O) groups is 1. The molecule has 4 heteroatoms. The normalized spacial score (nSPS) is 11.9. The van der Waals surface area contributed by atoms with Crippen molar-refractivity contribution in [2.24, 2.45) is 11.7 Å². The highest BCUT2D eigenvalue weighted by molar-refractivity contribution is 5.76. The fourth-order valence-electron chi connectivity index (χ4n) is 1.48. The van der Waals surface area contributed by atoms with E-state index in [1.54, 1.807) is 0 Å². The summed E-state index contributed by atoms with van der Waals surface area (Å²) in [5.74, 6) is 1.17. The van der Waals surface area contributed by atoms with E-state index >= 15 is 0 Å². The van der Waals surface area contributed by atoms with Crippen LogP contribution in [0.25, 0.3) is 0 Å². The fourth-order valence-corrected chi connectivity index (χ4v) is 1.48. The lowest BCUT2D eigenvalue weighted by molar-refractivity contribution is -0.121. The van der Waals surface area contributed by atoms with Crippen LogP contribution >= 0.6 is 0 Å². The van der Waals surface area contributed by atoms with Gasteiger partial charge in [0.15, 0.2) is 0 Å². The van der Waals surface area contributed by atoms with Gasteiger partial charge in [0, 0.05) is 13.0 Å². The van der Waals surface area contributed by atoms with E-state index in [-0.39, 0.29) is 11.8 Å². The summed E-state index contributed by atoms with van der Waals surface area (Å²) in [5, 5.41) is 2.86. The Kier molecular flexibility index (Phi) is 6.87. The highest BCUT2D eigenvalue weighted by atomic mass is 16.5. The average Bonchev–Trinajstić information content (AvgIpc) is 2.39. The van der Waals surface area contributed by atoms with Gasteiger partial charge in [-0.25, -0.2) is 0 Å². The van der Waals surface area contributed by atoms with Gasteiger partial charge in [-0.1, -0.05) is 25.1 Å². The van der Waals surface area contributed by atoms with Crippen molar-refractivity contribution in [1.82, 2.24) is 5.32 Å². The number of ether oxygens (including phenoxy) is 1. The number of para-hydroxylation sites is 1. The smallest absolute Gasteiger partial charge is 0.220 e. The van der Waals surface area contributed by atoms with Crippen LogP contribution in [0, 0.1) is 5.92 Å². The van der Waals surface area contributed by atoms with E-state index in [0.717, 1.165) is 12.2 Å². The molecule has 0 radical (unpaired) electrons. The molecule has 1 amide bonds. The molecular weight excluding hydrogens is 228 g/mol. The Morgan fingerprint density at radius 1 is 1.39 bits per heavy atom. The van der Waals surface area contributed by atoms with Crippen molar-refractivity contribution in [1.29, 1.82) is 0 Å². The van der Waals surface area contributed by atoms with Crippen LogP contribution in [0.4, 0.5) is 0 Å². The third-order valence-electron chi connectivity index (χ3n) is 2.59. The molecule has 0 saturated heterocycles. The Morgan fingerprint density at radius 3 is 2.78 bits per heavy atom. The first kappa shape index (κ1) is 14.5. The molecule has 0 aliphatic carbocycles. The van der Waals surface area contributed by atoms with Crippen molar-refractivity contribution in [2.75, 3.05) is 19.7 Å². The number of carbonyl (C=O) groups excluding carboxylic acids is 1. The van der Waals surface area contributed by atoms with Crippen molar-refractivity contribution in [2.45, 2.75) is 19.8 Å². The van der Waals surface area contributed by atoms with Gasteiger partial charge in [-0.3, -0.25) is 4.79 Å². The lowest BCUT2D eigenvalue weighted by Gasteiger charge is -2.09. The van der Waals surface area contributed by atoms with Crippen LogP contribution in [0.1, 0.15) is 19.8 Å². The summed E-state index contributed by atoms with van der Waals surface area (Å²) in [5.41, 5.74) is 5.46. The minimum atomic E-state index is 0.0626. The van der Waals surface area contributed by atoms with Crippen molar-refractivity contribution in [3.63, 3.8) is 0 Å². The van der Waals surface area contributed by atoms with Crippen molar-refractivity contribution < 1.29 is 9.53 Å². The molecule has 1 unspecified atom stereocenters. The molecule has 0 saturated carbocycles. The Bertz CT molecular complexity index is 341. The van der Waals surface area contributed by atoms with Crippen LogP contribution in [0.2, 0.25) is 0 Å². The van der Waals surface area contributed by atoms with Crippen LogP contribution in [-0.2, 0) is 4.79 Å². The summed E-state index contributed by atoms with van der Waals surface area (Å²) in [4.78, 5) is 11.4. The Morgan fingerprint density at radius 2 is 2.11 bits per heavy atom. The largest absolute Gasteiger partial charge is 0.494 e. The minimum absolute atomic E-state index is 0.0626. The van der Waals surface area contributed by atoms with E-state index in [1.165, 1.54) is 0 Å². The monoisotopic (exact) mass is 250 g/mol. The quantitative estimate of drug-likeness (QED) is 0.688. The molecule has 1 aromatic carbocycles. The fraction of sp³-hybridized carbons (Fsp3) is 0.500. The van der Waals surface area contributed by atoms with Crippen LogP contribution in [0.15, 0.2) is 30.3 Å². The van der Waals surface area contributed by atoms with Crippen molar-refractivity contribution >= 4 is 5.91 Å². The second-order valence-corrected chi connectivity index (χ2v) is 4.41. The Hall–Kier alpha value is -1.55. The molecule has 1 aromatic rings. The van der Waals surface area contributed by atoms with E-state index in [1.807, 2.05) is 37.3 Å². The maximum Gasteiger partial charge on any atom is 0.220 e. The number of hydrogen-bond acceptors (Lipinski definition) is 3. The van der Waals surface area contributed by atoms with Gasteiger partial charge in [0.25, 0.3) is 0 Å². The summed E-state index contributed by atoms with van der Waals surface area (Å²) < 4.78 is 5.52. The molecule has 0 spiro atoms. The molecule has 0 aliphatic rings. The zero-order chi connectivity index (χ0) is 13.2. The topological polar surface area (TPSA) is 64.4 Å². The van der Waals surface area contributed by atoms with E-state index in [0.29, 0.717) is 26.1 Å². The molecule has 1 atom stereocenters. The summed E-state index contributed by atoms with van der Waals surface area (Å²) >= 11 is 0. The summed E-state index contributed by atoms with van der Waals surface area (Å²) in [6.45, 7) is 3.77. The van der Waals surface area contributed by atoms with Gasteiger partial charge in [0.1, 0.15) is 5.75 Å². The van der Waals surface area contributed by atoms with E-state index in [2.05, 4.69) is 5.32 Å². The lowest BCUT2D eigenvalue weighted by atomic mass is 10.1. The second-order valence-electron chi connectivity index (χ2n) is 4.41. The zero-order valence-electron chi connectivity index (χ0n) is 10.9. The lowest BCUT2D eigenvalue weighted by Crippen LogP contribution is -2.28. The molecule has 3 N–H and O–H groups in total. The van der Waals surface area contributed by atoms with E-state index in [4.69, 9.17) is 10.5 Å². The predicted molar refractivity (Wildman–Crippen MR) is 72.4 cm³/mol. The summed E-state index contributed by atoms with van der Waals surface area (Å²) in [7, 11) is 0. The van der Waals surface area contributed by atoms with Gasteiger partial charge in [-0.2, -0.15) is 0 Å². The SMILES string of the molecule is CC(CN)CC(=O)NCCCOc1ccccc1. The Balaban J connectivity index is 2.03. The van der Waals surface area contributed by atoms with Crippen molar-refractivity contribution in [3.8, 4) is 5.75 Å². The molecule has 0 fully saturated rings. The molecule has 100 valence electrons. The average molecular weight is 250 g/mol. The molecule has 18 heavy (non-hydrogen) atoms. The maximum atomic E-state index is 11.4. The van der Waals surface area contributed by atoms with Gasteiger partial charge in [-0.15, -0.1) is 0 Å². The highest BCUT2D eigenvalue weighted by Gasteiger charge is 2.06. The van der Waals surface area contributed by atoms with E-state index in [9.17, 15) is 4.79 Å². The van der Waals surface area contributed by atoms with Crippen LogP contribution < -0.4 is 15.8 Å². The van der Waals surface area contributed by atoms with Gasteiger partial charge in [0.2, 0.25) is 5.91 Å². The second kappa shape index (κ2) is 8.53. The number of nitrogens with two attached hydrogens (primary N) is 1. The first-order valence-corrected chi connectivity index (χ1v) is 6.37. The molecule has 0 bridgehead atoms. The van der Waals surface area contributed by atoms with Gasteiger partial charge < -0.3 is 15.8 Å². The third-order valence-corrected chi connectivity index (χ3v) is 2.59. The number of benzene rings is 1. The number of rotatable bonds is 8. The van der Waals surface area contributed by atoms with Gasteiger partial charge in [0.05, 0.1) is 6.61 Å². The number of hydrogen-bond donors (Lipinski definition) is 2. The molecule has 0 heterocycles. The summed E-state index contributed by atoms with van der Waals surface area (Å²) in [6.07, 6.45) is 1.30. The van der Waals surface area contributed by atoms with Crippen molar-refractivity contribution in [3.05, 3.63) is 30.3 Å². The van der Waals surface area contributed by atoms with Crippen LogP contribution in [0.5, 0.6) is 5.75 Å². The predicted octanol–water partition coefficient (Wildman–Crippen LogP) is 1.56. The van der Waals surface area contributed by atoms with E-state index < -0.39 is 0 Å². The van der Waals surface area contributed by atoms with Gasteiger partial charge in [-0.05, 0) is 31.0 Å². The Labute approximate surface area is 109 Å². The maximum absolute atomic E-state index is 11.4. The number of amides is 1. The molecule has 0 aromatic heterocycles. The van der Waals surface area contributed by atoms with Crippen LogP contribution in [-0.4, -0.2) is 25.6 Å². The first-order valence-electron chi connectivity index (χ1n) is 6.37. The minimum Gasteiger partial charge on any atom is -0.494 e.